The minimum Gasteiger partial charge on any atom is -0.444 e. The number of piperidine rings is 2. The quantitative estimate of drug-likeness (QED) is 0.464. The fourth-order valence-corrected chi connectivity index (χ4v) is 5.79. The van der Waals surface area contributed by atoms with Crippen molar-refractivity contribution in [2.24, 2.45) is 16.8 Å². The number of carbonyl (C=O) groups excluding carboxylic acids is 2. The van der Waals surface area contributed by atoms with Crippen molar-refractivity contribution in [2.45, 2.75) is 64.1 Å². The van der Waals surface area contributed by atoms with Crippen LogP contribution < -0.4 is 15.4 Å². The number of amidine groups is 1. The summed E-state index contributed by atoms with van der Waals surface area (Å²) in [5.41, 5.74) is 1.08. The number of hydrogen-bond donors (Lipinski definition) is 2. The van der Waals surface area contributed by atoms with E-state index >= 15 is 0 Å². The number of benzene rings is 1. The molecule has 0 aromatic heterocycles. The zero-order chi connectivity index (χ0) is 31.2. The van der Waals surface area contributed by atoms with Crippen LogP contribution in [0, 0.1) is 11.8 Å². The van der Waals surface area contributed by atoms with Gasteiger partial charge in [-0.2, -0.15) is 0 Å². The van der Waals surface area contributed by atoms with Crippen molar-refractivity contribution in [1.82, 2.24) is 20.4 Å². The molecule has 4 aliphatic heterocycles. The Hall–Kier alpha value is -3.84. The summed E-state index contributed by atoms with van der Waals surface area (Å²) < 4.78 is 76.0. The van der Waals surface area contributed by atoms with E-state index in [1.54, 1.807) is 31.9 Å². The van der Waals surface area contributed by atoms with Crippen molar-refractivity contribution in [1.29, 1.82) is 0 Å². The Morgan fingerprint density at radius 1 is 1.02 bits per heavy atom. The van der Waals surface area contributed by atoms with E-state index in [-0.39, 0.29) is 23.9 Å². The second-order valence-corrected chi connectivity index (χ2v) is 12.2. The average Bonchev–Trinajstić information content (AvgIpc) is 3.35. The number of aliphatic imine (C=N–C) groups is 1. The maximum Gasteiger partial charge on any atom is 0.573 e. The van der Waals surface area contributed by atoms with Gasteiger partial charge >= 0.3 is 12.5 Å². The highest BCUT2D eigenvalue weighted by Gasteiger charge is 2.46. The number of nitrogens with zero attached hydrogens (tertiary/aromatic N) is 3. The number of ether oxygens (including phenoxy) is 2. The number of carbonyl (C=O) groups is 2. The van der Waals surface area contributed by atoms with Gasteiger partial charge in [0.1, 0.15) is 23.4 Å². The Morgan fingerprint density at radius 3 is 2.33 bits per heavy atom. The minimum atomic E-state index is -4.81. The summed E-state index contributed by atoms with van der Waals surface area (Å²) in [6.45, 7) is 5.22. The number of amides is 2. The maximum absolute atomic E-state index is 14.7. The number of hydrogen-bond acceptors (Lipinski definition) is 7. The van der Waals surface area contributed by atoms with Crippen LogP contribution in [0.15, 0.2) is 52.8 Å². The molecule has 4 heterocycles. The van der Waals surface area contributed by atoms with Gasteiger partial charge in [0.15, 0.2) is 0 Å². The highest BCUT2D eigenvalue weighted by molar-refractivity contribution is 5.94. The van der Waals surface area contributed by atoms with Crippen molar-refractivity contribution in [3.8, 4) is 5.75 Å². The van der Waals surface area contributed by atoms with Gasteiger partial charge in [-0.15, -0.1) is 13.2 Å². The fourth-order valence-electron chi connectivity index (χ4n) is 5.79. The van der Waals surface area contributed by atoms with E-state index in [0.717, 1.165) is 22.6 Å². The van der Waals surface area contributed by atoms with Crippen LogP contribution in [0.4, 0.5) is 26.7 Å². The van der Waals surface area contributed by atoms with E-state index in [4.69, 9.17) is 9.73 Å². The first-order chi connectivity index (χ1) is 20.1. The third-order valence-electron chi connectivity index (χ3n) is 7.63. The Kier molecular flexibility index (Phi) is 8.07. The molecule has 0 saturated carbocycles. The maximum atomic E-state index is 14.7. The summed E-state index contributed by atoms with van der Waals surface area (Å²) in [6, 6.07) is 4.83. The molecule has 0 radical (unpaired) electrons. The van der Waals surface area contributed by atoms with Crippen LogP contribution in [0.5, 0.6) is 5.75 Å². The molecular formula is C29H34F5N5O4. The van der Waals surface area contributed by atoms with Crippen molar-refractivity contribution in [3.05, 3.63) is 53.4 Å². The molecule has 2 amide bonds. The van der Waals surface area contributed by atoms with Gasteiger partial charge in [0, 0.05) is 37.5 Å². The van der Waals surface area contributed by atoms with E-state index in [1.165, 1.54) is 12.1 Å². The largest absolute Gasteiger partial charge is 0.573 e. The van der Waals surface area contributed by atoms with E-state index in [1.807, 2.05) is 6.08 Å². The molecule has 2 saturated heterocycles. The molecule has 2 N–H and O–H groups in total. The molecule has 2 fully saturated rings. The first kappa shape index (κ1) is 30.6. The zero-order valence-electron chi connectivity index (χ0n) is 24.0. The van der Waals surface area contributed by atoms with Gasteiger partial charge < -0.3 is 29.9 Å². The number of likely N-dealkylation sites (tertiary alicyclic amines) is 2. The minimum absolute atomic E-state index is 0.0446. The van der Waals surface area contributed by atoms with Gasteiger partial charge in [-0.3, -0.25) is 4.79 Å². The van der Waals surface area contributed by atoms with Crippen LogP contribution in [0.3, 0.4) is 0 Å². The molecule has 234 valence electrons. The van der Waals surface area contributed by atoms with E-state index in [9.17, 15) is 31.5 Å². The molecule has 4 aliphatic rings. The van der Waals surface area contributed by atoms with Gasteiger partial charge in [0.25, 0.3) is 11.8 Å². The predicted octanol–water partition coefficient (Wildman–Crippen LogP) is 5.03. The van der Waals surface area contributed by atoms with Crippen LogP contribution in [0.1, 0.15) is 50.4 Å². The lowest BCUT2D eigenvalue weighted by Gasteiger charge is -2.38. The summed E-state index contributed by atoms with van der Waals surface area (Å²) in [6.07, 6.45) is -1.54. The van der Waals surface area contributed by atoms with Crippen molar-refractivity contribution < 1.29 is 41.0 Å². The first-order valence-corrected chi connectivity index (χ1v) is 14.1. The normalized spacial score (nSPS) is 24.1. The summed E-state index contributed by atoms with van der Waals surface area (Å²) in [5, 5.41) is 6.39. The molecule has 1 aromatic carbocycles. The lowest BCUT2D eigenvalue weighted by Crippen LogP contribution is -2.54. The highest BCUT2D eigenvalue weighted by atomic mass is 19.4. The lowest BCUT2D eigenvalue weighted by molar-refractivity contribution is -0.274. The molecule has 1 aromatic rings. The molecule has 0 aliphatic carbocycles. The summed E-state index contributed by atoms with van der Waals surface area (Å²) in [7, 11) is 0. The summed E-state index contributed by atoms with van der Waals surface area (Å²) in [4.78, 5) is 33.0. The summed E-state index contributed by atoms with van der Waals surface area (Å²) in [5.74, 6) is -4.08. The molecule has 5 rings (SSSR count). The number of dihydropyridines is 1. The SMILES string of the molecule is CC(C)(C)OC(=O)N1CC(C2=NC3=C(C4CCN(C(=O)c5ccc(OC(F)(F)F)cc5)CC4)C=CNC3N2)CC(F)(F)C1. The molecule has 43 heavy (non-hydrogen) atoms. The average molecular weight is 612 g/mol. The second kappa shape index (κ2) is 11.3. The van der Waals surface area contributed by atoms with Gasteiger partial charge in [-0.1, -0.05) is 0 Å². The number of allylic oxidation sites excluding steroid dienone is 2. The predicted molar refractivity (Wildman–Crippen MR) is 146 cm³/mol. The highest BCUT2D eigenvalue weighted by Crippen LogP contribution is 2.37. The van der Waals surface area contributed by atoms with Crippen molar-refractivity contribution in [3.63, 3.8) is 0 Å². The third-order valence-corrected chi connectivity index (χ3v) is 7.63. The number of rotatable bonds is 4. The van der Waals surface area contributed by atoms with Crippen molar-refractivity contribution >= 4 is 17.8 Å². The lowest BCUT2D eigenvalue weighted by atomic mass is 9.86. The smallest absolute Gasteiger partial charge is 0.444 e. The van der Waals surface area contributed by atoms with Crippen LogP contribution >= 0.6 is 0 Å². The molecule has 14 heteroatoms. The molecule has 0 bridgehead atoms. The third kappa shape index (κ3) is 7.39. The second-order valence-electron chi connectivity index (χ2n) is 12.2. The fraction of sp³-hybridized carbons (Fsp3) is 0.552. The van der Waals surface area contributed by atoms with Gasteiger partial charge in [0.05, 0.1) is 12.2 Å². The summed E-state index contributed by atoms with van der Waals surface area (Å²) >= 11 is 0. The van der Waals surface area contributed by atoms with Crippen LogP contribution in [0.25, 0.3) is 0 Å². The van der Waals surface area contributed by atoms with Crippen LogP contribution in [-0.4, -0.2) is 77.9 Å². The van der Waals surface area contributed by atoms with Crippen LogP contribution in [0.2, 0.25) is 0 Å². The van der Waals surface area contributed by atoms with E-state index < -0.39 is 54.8 Å². The topological polar surface area (TPSA) is 95.5 Å². The first-order valence-electron chi connectivity index (χ1n) is 14.1. The standard InChI is InChI=1S/C29H34F5N5O4/c1-27(2,3)43-26(41)39-15-19(14-28(30,31)16-39)23-36-22-21(8-11-35-24(22)37-23)17-9-12-38(13-10-17)25(40)18-4-6-20(7-5-18)42-29(32,33)34/h4-8,11,17,19,24,35H,9-10,12-16H2,1-3H3,(H,36,37). The molecule has 9 nitrogen and oxygen atoms in total. The molecular weight excluding hydrogens is 577 g/mol. The number of nitrogens with one attached hydrogen (secondary N) is 2. The molecule has 2 atom stereocenters. The Labute approximate surface area is 245 Å². The Balaban J connectivity index is 1.25. The zero-order valence-corrected chi connectivity index (χ0v) is 24.0. The Bertz CT molecular complexity index is 1330. The van der Waals surface area contributed by atoms with Gasteiger partial charge in [-0.25, -0.2) is 18.6 Å². The van der Waals surface area contributed by atoms with Gasteiger partial charge in [0.2, 0.25) is 0 Å². The number of alkyl halides is 5. The van der Waals surface area contributed by atoms with Gasteiger partial charge in [-0.05, 0) is 81.6 Å². The molecule has 0 spiro atoms. The number of halogens is 5. The molecule has 2 unspecified atom stereocenters. The van der Waals surface area contributed by atoms with E-state index in [0.29, 0.717) is 37.5 Å². The monoisotopic (exact) mass is 611 g/mol. The van der Waals surface area contributed by atoms with E-state index in [2.05, 4.69) is 15.4 Å². The van der Waals surface area contributed by atoms with Crippen LogP contribution in [-0.2, 0) is 4.74 Å². The Morgan fingerprint density at radius 2 is 1.70 bits per heavy atom. The number of fused-ring (bicyclic) bond motifs is 1. The van der Waals surface area contributed by atoms with Crippen molar-refractivity contribution in [2.75, 3.05) is 26.2 Å².